The lowest BCUT2D eigenvalue weighted by molar-refractivity contribution is -0.131. The quantitative estimate of drug-likeness (QED) is 0.622. The van der Waals surface area contributed by atoms with Crippen LogP contribution >= 0.6 is 0 Å². The first-order chi connectivity index (χ1) is 11.3. The number of carboxylic acid groups (broad SMARTS) is 1. The molecule has 0 heterocycles. The molecule has 0 unspecified atom stereocenters. The van der Waals surface area contributed by atoms with Gasteiger partial charge >= 0.3 is 12.1 Å². The smallest absolute Gasteiger partial charge is 0.454 e. The molecule has 0 amide bonds. The summed E-state index contributed by atoms with van der Waals surface area (Å²) in [6.45, 7) is 0. The predicted octanol–water partition coefficient (Wildman–Crippen LogP) is 4.74. The van der Waals surface area contributed by atoms with E-state index in [4.69, 9.17) is 5.11 Å². The molecule has 1 aliphatic rings. The molecule has 3 nitrogen and oxygen atoms in total. The van der Waals surface area contributed by atoms with Gasteiger partial charge in [0.15, 0.2) is 0 Å². The summed E-state index contributed by atoms with van der Waals surface area (Å²) >= 11 is 0. The zero-order valence-electron chi connectivity index (χ0n) is 13.1. The highest BCUT2D eigenvalue weighted by Crippen LogP contribution is 2.37. The van der Waals surface area contributed by atoms with Gasteiger partial charge in [0.25, 0.3) is 5.78 Å². The number of hydrogen-bond donors (Lipinski definition) is 1. The number of benzene rings is 1. The Bertz CT molecular complexity index is 609. The van der Waals surface area contributed by atoms with Gasteiger partial charge in [-0.2, -0.15) is 13.2 Å². The first-order valence-electron chi connectivity index (χ1n) is 7.88. The zero-order valence-corrected chi connectivity index (χ0v) is 13.1. The van der Waals surface area contributed by atoms with Gasteiger partial charge in [0, 0.05) is 11.6 Å². The summed E-state index contributed by atoms with van der Waals surface area (Å²) in [7, 11) is 0. The largest absolute Gasteiger partial charge is 0.478 e. The maximum absolute atomic E-state index is 12.4. The third kappa shape index (κ3) is 4.94. The monoisotopic (exact) mass is 340 g/mol. The average molecular weight is 340 g/mol. The highest BCUT2D eigenvalue weighted by molar-refractivity contribution is 6.00. The van der Waals surface area contributed by atoms with Gasteiger partial charge in [-0.15, -0.1) is 0 Å². The van der Waals surface area contributed by atoms with Gasteiger partial charge in [0.2, 0.25) is 0 Å². The van der Waals surface area contributed by atoms with Crippen LogP contribution in [0.25, 0.3) is 0 Å². The van der Waals surface area contributed by atoms with E-state index in [9.17, 15) is 22.8 Å². The number of carbonyl (C=O) groups is 2. The molecule has 0 bridgehead atoms. The Morgan fingerprint density at radius 2 is 1.67 bits per heavy atom. The predicted molar refractivity (Wildman–Crippen MR) is 82.9 cm³/mol. The number of aliphatic carboxylic acids is 1. The summed E-state index contributed by atoms with van der Waals surface area (Å²) in [5, 5.41) is 8.56. The van der Waals surface area contributed by atoms with Crippen molar-refractivity contribution >= 4 is 11.8 Å². The Kier molecular flexibility index (Phi) is 5.80. The second-order valence-electron chi connectivity index (χ2n) is 6.14. The first kappa shape index (κ1) is 18.2. The Morgan fingerprint density at radius 3 is 2.17 bits per heavy atom. The van der Waals surface area contributed by atoms with E-state index in [0.717, 1.165) is 43.7 Å². The van der Waals surface area contributed by atoms with E-state index >= 15 is 0 Å². The molecule has 0 radical (unpaired) electrons. The topological polar surface area (TPSA) is 54.4 Å². The van der Waals surface area contributed by atoms with Crippen molar-refractivity contribution in [3.63, 3.8) is 0 Å². The van der Waals surface area contributed by atoms with Crippen LogP contribution in [0.1, 0.15) is 53.9 Å². The molecule has 0 aromatic heterocycles. The number of ketones is 1. The van der Waals surface area contributed by atoms with E-state index in [1.54, 1.807) is 18.2 Å². The molecule has 1 fully saturated rings. The van der Waals surface area contributed by atoms with Crippen LogP contribution in [0.3, 0.4) is 0 Å². The second kappa shape index (κ2) is 7.64. The minimum Gasteiger partial charge on any atom is -0.478 e. The van der Waals surface area contributed by atoms with Gasteiger partial charge < -0.3 is 5.11 Å². The number of allylic oxidation sites excluding steroid dienone is 1. The fraction of sp³-hybridized carbons (Fsp3) is 0.444. The fourth-order valence-electron chi connectivity index (χ4n) is 3.16. The molecule has 0 saturated heterocycles. The van der Waals surface area contributed by atoms with E-state index in [1.165, 1.54) is 12.1 Å². The summed E-state index contributed by atoms with van der Waals surface area (Å²) in [6.07, 6.45) is 2.46. The van der Waals surface area contributed by atoms with E-state index in [-0.39, 0.29) is 11.5 Å². The van der Waals surface area contributed by atoms with Crippen LogP contribution in [0, 0.1) is 5.92 Å². The molecule has 1 aliphatic carbocycles. The van der Waals surface area contributed by atoms with Gasteiger partial charge in [0.05, 0.1) is 0 Å². The van der Waals surface area contributed by atoms with Crippen molar-refractivity contribution in [2.45, 2.75) is 44.2 Å². The van der Waals surface area contributed by atoms with Crippen molar-refractivity contribution in [1.82, 2.24) is 0 Å². The number of carbonyl (C=O) groups excluding carboxylic acids is 1. The van der Waals surface area contributed by atoms with E-state index < -0.39 is 17.9 Å². The van der Waals surface area contributed by atoms with Crippen LogP contribution in [-0.2, 0) is 4.79 Å². The van der Waals surface area contributed by atoms with Gasteiger partial charge in [-0.1, -0.05) is 30.3 Å². The molecule has 130 valence electrons. The van der Waals surface area contributed by atoms with Crippen LogP contribution in [0.4, 0.5) is 13.2 Å². The molecule has 1 N–H and O–H groups in total. The number of carboxylic acids is 1. The third-order valence-corrected chi connectivity index (χ3v) is 4.48. The molecule has 2 rings (SSSR count). The minimum absolute atomic E-state index is 0.278. The van der Waals surface area contributed by atoms with Crippen molar-refractivity contribution in [3.8, 4) is 0 Å². The highest BCUT2D eigenvalue weighted by atomic mass is 19.4. The van der Waals surface area contributed by atoms with Crippen LogP contribution in [0.5, 0.6) is 0 Å². The van der Waals surface area contributed by atoms with Crippen molar-refractivity contribution < 1.29 is 27.9 Å². The van der Waals surface area contributed by atoms with E-state index in [2.05, 4.69) is 0 Å². The molecular formula is C18H19F3O3. The highest BCUT2D eigenvalue weighted by Gasteiger charge is 2.39. The molecule has 1 aromatic rings. The molecule has 0 spiro atoms. The molecule has 1 saturated carbocycles. The number of Topliss-reactive ketones (excluding diaryl/α,β-unsaturated/α-hetero) is 1. The van der Waals surface area contributed by atoms with Crippen LogP contribution in [0.2, 0.25) is 0 Å². The standard InChI is InChI=1S/C18H19F3O3/c19-18(20,21)17(24)15-10-8-14(9-11-15)13-6-4-12(5-7-13)2-1-3-16(22)23/h1,3,8-13H,2,4-7H2,(H,22,23)/b3-1+. The van der Waals surface area contributed by atoms with Crippen molar-refractivity contribution in [3.05, 3.63) is 47.5 Å². The van der Waals surface area contributed by atoms with Gasteiger partial charge in [-0.3, -0.25) is 4.79 Å². The van der Waals surface area contributed by atoms with E-state index in [1.807, 2.05) is 0 Å². The lowest BCUT2D eigenvalue weighted by atomic mass is 9.77. The minimum atomic E-state index is -4.84. The Balaban J connectivity index is 1.90. The summed E-state index contributed by atoms with van der Waals surface area (Å²) < 4.78 is 37.2. The molecule has 24 heavy (non-hydrogen) atoms. The normalized spacial score (nSPS) is 21.8. The first-order valence-corrected chi connectivity index (χ1v) is 7.88. The Morgan fingerprint density at radius 1 is 1.08 bits per heavy atom. The van der Waals surface area contributed by atoms with Crippen molar-refractivity contribution in [2.75, 3.05) is 0 Å². The number of halogens is 3. The Hall–Kier alpha value is -2.11. The fourth-order valence-corrected chi connectivity index (χ4v) is 3.16. The van der Waals surface area contributed by atoms with Gasteiger partial charge in [-0.05, 0) is 49.5 Å². The molecule has 6 heteroatoms. The molecule has 0 aliphatic heterocycles. The lowest BCUT2D eigenvalue weighted by Gasteiger charge is -2.28. The molecule has 0 atom stereocenters. The van der Waals surface area contributed by atoms with Crippen molar-refractivity contribution in [2.24, 2.45) is 5.92 Å². The number of rotatable bonds is 5. The summed E-state index contributed by atoms with van der Waals surface area (Å²) in [4.78, 5) is 21.6. The summed E-state index contributed by atoms with van der Waals surface area (Å²) in [6, 6.07) is 5.70. The van der Waals surface area contributed by atoms with Crippen LogP contribution < -0.4 is 0 Å². The second-order valence-corrected chi connectivity index (χ2v) is 6.14. The number of alkyl halides is 3. The van der Waals surface area contributed by atoms with Crippen LogP contribution in [-0.4, -0.2) is 23.0 Å². The Labute approximate surface area is 138 Å². The third-order valence-electron chi connectivity index (χ3n) is 4.48. The maximum Gasteiger partial charge on any atom is 0.454 e. The summed E-state index contributed by atoms with van der Waals surface area (Å²) in [5.41, 5.74) is 0.618. The number of hydrogen-bond acceptors (Lipinski definition) is 2. The summed E-state index contributed by atoms with van der Waals surface area (Å²) in [5.74, 6) is -2.04. The molecule has 1 aromatic carbocycles. The SMILES string of the molecule is O=C(O)/C=C/CC1CCC(c2ccc(C(=O)C(F)(F)F)cc2)CC1. The van der Waals surface area contributed by atoms with Gasteiger partial charge in [0.1, 0.15) is 0 Å². The van der Waals surface area contributed by atoms with Gasteiger partial charge in [-0.25, -0.2) is 4.79 Å². The van der Waals surface area contributed by atoms with E-state index in [0.29, 0.717) is 5.92 Å². The maximum atomic E-state index is 12.4. The van der Waals surface area contributed by atoms with Crippen LogP contribution in [0.15, 0.2) is 36.4 Å². The zero-order chi connectivity index (χ0) is 17.7. The molecular weight excluding hydrogens is 321 g/mol. The lowest BCUT2D eigenvalue weighted by Crippen LogP contribution is -2.22. The average Bonchev–Trinajstić information content (AvgIpc) is 2.54. The van der Waals surface area contributed by atoms with Crippen molar-refractivity contribution in [1.29, 1.82) is 0 Å².